The van der Waals surface area contributed by atoms with Crippen molar-refractivity contribution in [1.29, 1.82) is 0 Å². The zero-order chi connectivity index (χ0) is 11.5. The molecule has 0 spiro atoms. The number of alkyl halides is 1. The van der Waals surface area contributed by atoms with Gasteiger partial charge in [0.2, 0.25) is 5.91 Å². The highest BCUT2D eigenvalue weighted by atomic mass is 79.9. The minimum absolute atomic E-state index is 0.286. The van der Waals surface area contributed by atoms with Gasteiger partial charge in [-0.1, -0.05) is 15.9 Å². The summed E-state index contributed by atoms with van der Waals surface area (Å²) in [5, 5.41) is 8.56. The molecule has 0 bridgehead atoms. The molecule has 0 aromatic heterocycles. The van der Waals surface area contributed by atoms with Crippen LogP contribution in [-0.4, -0.2) is 47.1 Å². The Balaban J connectivity index is 2.45. The number of β-lactam (4-membered cyclic amide) rings is 1. The van der Waals surface area contributed by atoms with Crippen LogP contribution >= 0.6 is 15.9 Å². The SMILES string of the molecule is CC1(C)[C@H](C(=O)O)N2C(=O)C(Br)[C@H]2S1=O. The summed E-state index contributed by atoms with van der Waals surface area (Å²) in [6.45, 7) is 3.24. The molecule has 2 heterocycles. The van der Waals surface area contributed by atoms with Gasteiger partial charge in [-0.05, 0) is 13.8 Å². The summed E-state index contributed by atoms with van der Waals surface area (Å²) in [4.78, 5) is 23.3. The van der Waals surface area contributed by atoms with E-state index in [4.69, 9.17) is 5.11 Å². The van der Waals surface area contributed by atoms with Gasteiger partial charge < -0.3 is 10.0 Å². The Bertz CT molecular complexity index is 383. The van der Waals surface area contributed by atoms with Crippen molar-refractivity contribution in [3.63, 3.8) is 0 Å². The molecule has 84 valence electrons. The van der Waals surface area contributed by atoms with Gasteiger partial charge in [-0.25, -0.2) is 4.79 Å². The maximum Gasteiger partial charge on any atom is 0.327 e. The largest absolute Gasteiger partial charge is 0.480 e. The van der Waals surface area contributed by atoms with Gasteiger partial charge >= 0.3 is 5.97 Å². The number of rotatable bonds is 1. The van der Waals surface area contributed by atoms with Gasteiger partial charge in [0.15, 0.2) is 0 Å². The Labute approximate surface area is 97.4 Å². The van der Waals surface area contributed by atoms with Gasteiger partial charge in [0.25, 0.3) is 0 Å². The van der Waals surface area contributed by atoms with Crippen LogP contribution < -0.4 is 0 Å². The van der Waals surface area contributed by atoms with Crippen molar-refractivity contribution in [1.82, 2.24) is 4.90 Å². The van der Waals surface area contributed by atoms with Crippen LogP contribution in [0.15, 0.2) is 0 Å². The van der Waals surface area contributed by atoms with E-state index in [-0.39, 0.29) is 5.91 Å². The third kappa shape index (κ3) is 1.16. The molecule has 2 aliphatic heterocycles. The van der Waals surface area contributed by atoms with Crippen LogP contribution in [0.3, 0.4) is 0 Å². The Hall–Kier alpha value is -0.430. The number of nitrogens with zero attached hydrogens (tertiary/aromatic N) is 1. The van der Waals surface area contributed by atoms with Gasteiger partial charge in [0, 0.05) is 0 Å². The second kappa shape index (κ2) is 3.04. The van der Waals surface area contributed by atoms with Crippen molar-refractivity contribution < 1.29 is 18.9 Å². The minimum Gasteiger partial charge on any atom is -0.480 e. The molecule has 0 aromatic carbocycles. The van der Waals surface area contributed by atoms with Gasteiger partial charge in [-0.3, -0.25) is 9.00 Å². The van der Waals surface area contributed by atoms with E-state index in [1.807, 2.05) is 0 Å². The zero-order valence-electron chi connectivity index (χ0n) is 8.14. The molecule has 2 rings (SSSR count). The molecule has 1 N–H and O–H groups in total. The number of hydrogen-bond donors (Lipinski definition) is 1. The molecule has 0 saturated carbocycles. The molecule has 0 radical (unpaired) electrons. The molecule has 7 heteroatoms. The topological polar surface area (TPSA) is 74.7 Å². The lowest BCUT2D eigenvalue weighted by atomic mass is 9.98. The standard InChI is InChI=1S/C8H10BrNO4S/c1-8(2)4(7(12)13)10-5(11)3(9)6(10)15(8)14/h3-4,6H,1-2H3,(H,12,13)/t3?,4-,6+,15?/m0/s1. The number of halogens is 1. The van der Waals surface area contributed by atoms with Crippen molar-refractivity contribution in [2.45, 2.75) is 34.8 Å². The minimum atomic E-state index is -1.35. The molecule has 2 fully saturated rings. The number of carboxylic acid groups (broad SMARTS) is 1. The van der Waals surface area contributed by atoms with Crippen molar-refractivity contribution in [2.24, 2.45) is 0 Å². The monoisotopic (exact) mass is 295 g/mol. The molecule has 5 nitrogen and oxygen atoms in total. The maximum atomic E-state index is 12.0. The molecule has 0 aromatic rings. The second-order valence-electron chi connectivity index (χ2n) is 4.18. The van der Waals surface area contributed by atoms with E-state index in [1.165, 1.54) is 4.90 Å². The summed E-state index contributed by atoms with van der Waals surface area (Å²) < 4.78 is 11.1. The number of amides is 1. The van der Waals surface area contributed by atoms with Gasteiger partial charge in [0.1, 0.15) is 16.2 Å². The van der Waals surface area contributed by atoms with Gasteiger partial charge in [0.05, 0.1) is 15.5 Å². The average Bonchev–Trinajstić information content (AvgIpc) is 2.32. The maximum absolute atomic E-state index is 12.0. The normalized spacial score (nSPS) is 42.3. The van der Waals surface area contributed by atoms with E-state index in [0.29, 0.717) is 0 Å². The first-order valence-corrected chi connectivity index (χ1v) is 6.52. The first-order chi connectivity index (χ1) is 6.80. The molecule has 0 aliphatic carbocycles. The van der Waals surface area contributed by atoms with E-state index in [1.54, 1.807) is 13.8 Å². The zero-order valence-corrected chi connectivity index (χ0v) is 10.5. The smallest absolute Gasteiger partial charge is 0.327 e. The van der Waals surface area contributed by atoms with E-state index in [0.717, 1.165) is 0 Å². The Morgan fingerprint density at radius 2 is 2.13 bits per heavy atom. The quantitative estimate of drug-likeness (QED) is 0.542. The highest BCUT2D eigenvalue weighted by molar-refractivity contribution is 9.10. The van der Waals surface area contributed by atoms with E-state index in [9.17, 15) is 13.8 Å². The fraction of sp³-hybridized carbons (Fsp3) is 0.750. The lowest BCUT2D eigenvalue weighted by Gasteiger charge is -2.40. The van der Waals surface area contributed by atoms with Crippen molar-refractivity contribution >= 4 is 38.6 Å². The average molecular weight is 296 g/mol. The van der Waals surface area contributed by atoms with Crippen LogP contribution in [0.1, 0.15) is 13.8 Å². The molecule has 2 saturated heterocycles. The molecule has 2 unspecified atom stereocenters. The summed E-state index contributed by atoms with van der Waals surface area (Å²) >= 11 is 3.12. The van der Waals surface area contributed by atoms with Crippen LogP contribution in [0.2, 0.25) is 0 Å². The lowest BCUT2D eigenvalue weighted by molar-refractivity contribution is -0.156. The number of hydrogen-bond acceptors (Lipinski definition) is 3. The van der Waals surface area contributed by atoms with Crippen LogP contribution in [-0.2, 0) is 20.4 Å². The third-order valence-corrected chi connectivity index (χ3v) is 6.36. The van der Waals surface area contributed by atoms with Crippen molar-refractivity contribution in [2.75, 3.05) is 0 Å². The Morgan fingerprint density at radius 3 is 2.60 bits per heavy atom. The van der Waals surface area contributed by atoms with Gasteiger partial charge in [-0.15, -0.1) is 0 Å². The molecular weight excluding hydrogens is 286 g/mol. The molecule has 4 atom stereocenters. The Kier molecular flexibility index (Phi) is 2.24. The van der Waals surface area contributed by atoms with E-state index >= 15 is 0 Å². The van der Waals surface area contributed by atoms with Crippen molar-refractivity contribution in [3.8, 4) is 0 Å². The highest BCUT2D eigenvalue weighted by Gasteiger charge is 2.67. The lowest BCUT2D eigenvalue weighted by Crippen LogP contribution is -2.64. The predicted molar refractivity (Wildman–Crippen MR) is 57.0 cm³/mol. The summed E-state index contributed by atoms with van der Waals surface area (Å²) in [6.07, 6.45) is 0. The van der Waals surface area contributed by atoms with E-state index < -0.39 is 37.8 Å². The van der Waals surface area contributed by atoms with Crippen LogP contribution in [0.4, 0.5) is 0 Å². The first kappa shape index (κ1) is 11.1. The molecular formula is C8H10BrNO4S. The highest BCUT2D eigenvalue weighted by Crippen LogP contribution is 2.45. The number of carbonyl (C=O) groups is 2. The number of carbonyl (C=O) groups excluding carboxylic acids is 1. The number of fused-ring (bicyclic) bond motifs is 1. The summed E-state index contributed by atoms with van der Waals surface area (Å²) in [5.41, 5.74) is 0. The van der Waals surface area contributed by atoms with Crippen molar-refractivity contribution in [3.05, 3.63) is 0 Å². The number of aliphatic carboxylic acids is 1. The summed E-state index contributed by atoms with van der Waals surface area (Å²) in [5.74, 6) is -1.38. The summed E-state index contributed by atoms with van der Waals surface area (Å²) in [7, 11) is -1.35. The fourth-order valence-electron chi connectivity index (χ4n) is 2.11. The second-order valence-corrected chi connectivity index (χ2v) is 7.30. The molecule has 2 aliphatic rings. The van der Waals surface area contributed by atoms with Crippen LogP contribution in [0.5, 0.6) is 0 Å². The fourth-order valence-corrected chi connectivity index (χ4v) is 5.01. The van der Waals surface area contributed by atoms with Crippen LogP contribution in [0.25, 0.3) is 0 Å². The molecule has 15 heavy (non-hydrogen) atoms. The van der Waals surface area contributed by atoms with E-state index in [2.05, 4.69) is 15.9 Å². The first-order valence-electron chi connectivity index (χ1n) is 4.40. The van der Waals surface area contributed by atoms with Gasteiger partial charge in [-0.2, -0.15) is 0 Å². The predicted octanol–water partition coefficient (Wildman–Crippen LogP) is -0.0877. The summed E-state index contributed by atoms with van der Waals surface area (Å²) in [6, 6.07) is -0.982. The molecule has 1 amide bonds. The number of carboxylic acids is 1. The Morgan fingerprint density at radius 1 is 1.60 bits per heavy atom. The third-order valence-electron chi connectivity index (χ3n) is 2.92. The van der Waals surface area contributed by atoms with Crippen LogP contribution in [0, 0.1) is 0 Å².